The molecule has 0 aliphatic heterocycles. The summed E-state index contributed by atoms with van der Waals surface area (Å²) in [6, 6.07) is 14.0. The first kappa shape index (κ1) is 23.9. The SMILES string of the molecule is CCO.Cc1ccc(S(=O)(=O)NC(=O)Nc2c(C)n(C)n(-c3ccccc3)c2=O)cc1. The van der Waals surface area contributed by atoms with Gasteiger partial charge in [-0.3, -0.25) is 9.48 Å². The Kier molecular flexibility index (Phi) is 7.78. The molecule has 31 heavy (non-hydrogen) atoms. The highest BCUT2D eigenvalue weighted by molar-refractivity contribution is 7.90. The number of aryl methyl sites for hydroxylation is 1. The van der Waals surface area contributed by atoms with Crippen LogP contribution in [0.1, 0.15) is 18.2 Å². The third-order valence-electron chi connectivity index (χ3n) is 4.35. The molecule has 2 aromatic carbocycles. The number of aromatic nitrogens is 2. The summed E-state index contributed by atoms with van der Waals surface area (Å²) < 4.78 is 29.6. The van der Waals surface area contributed by atoms with E-state index in [0.29, 0.717) is 11.4 Å². The lowest BCUT2D eigenvalue weighted by atomic mass is 10.2. The summed E-state index contributed by atoms with van der Waals surface area (Å²) in [6.45, 7) is 5.41. The predicted molar refractivity (Wildman–Crippen MR) is 119 cm³/mol. The molecule has 3 rings (SSSR count). The smallest absolute Gasteiger partial charge is 0.333 e. The summed E-state index contributed by atoms with van der Waals surface area (Å²) in [5, 5.41) is 9.93. The summed E-state index contributed by atoms with van der Waals surface area (Å²) in [6.07, 6.45) is 0. The molecule has 0 unspecified atom stereocenters. The van der Waals surface area contributed by atoms with Crippen molar-refractivity contribution in [1.82, 2.24) is 14.1 Å². The molecular formula is C21H26N4O5S. The Morgan fingerprint density at radius 3 is 2.13 bits per heavy atom. The lowest BCUT2D eigenvalue weighted by molar-refractivity contribution is 0.256. The Morgan fingerprint density at radius 1 is 1.03 bits per heavy atom. The maximum absolute atomic E-state index is 12.8. The number of carbonyl (C=O) groups is 1. The molecule has 0 saturated carbocycles. The van der Waals surface area contributed by atoms with E-state index in [-0.39, 0.29) is 17.2 Å². The van der Waals surface area contributed by atoms with Gasteiger partial charge in [0, 0.05) is 13.7 Å². The normalized spacial score (nSPS) is 10.7. The molecule has 0 saturated heterocycles. The van der Waals surface area contributed by atoms with E-state index >= 15 is 0 Å². The van der Waals surface area contributed by atoms with Gasteiger partial charge in [0.05, 0.1) is 16.3 Å². The Balaban J connectivity index is 0.00000107. The van der Waals surface area contributed by atoms with Crippen LogP contribution in [0.25, 0.3) is 5.69 Å². The van der Waals surface area contributed by atoms with Crippen molar-refractivity contribution in [1.29, 1.82) is 0 Å². The molecule has 0 atom stereocenters. The summed E-state index contributed by atoms with van der Waals surface area (Å²) in [7, 11) is -2.38. The minimum absolute atomic E-state index is 0.00274. The number of amides is 2. The maximum atomic E-state index is 12.8. The van der Waals surface area contributed by atoms with E-state index in [9.17, 15) is 18.0 Å². The Bertz CT molecular complexity index is 1200. The van der Waals surface area contributed by atoms with Crippen molar-refractivity contribution < 1.29 is 18.3 Å². The molecule has 10 heteroatoms. The third kappa shape index (κ3) is 5.62. The Labute approximate surface area is 181 Å². The van der Waals surface area contributed by atoms with Crippen LogP contribution in [-0.4, -0.2) is 35.5 Å². The largest absolute Gasteiger partial charge is 0.397 e. The number of carbonyl (C=O) groups excluding carboxylic acids is 1. The second-order valence-corrected chi connectivity index (χ2v) is 8.31. The van der Waals surface area contributed by atoms with Gasteiger partial charge in [0.2, 0.25) is 0 Å². The molecule has 0 aliphatic rings. The predicted octanol–water partition coefficient (Wildman–Crippen LogP) is 2.30. The van der Waals surface area contributed by atoms with E-state index in [4.69, 9.17) is 5.11 Å². The van der Waals surface area contributed by atoms with Gasteiger partial charge in [-0.15, -0.1) is 0 Å². The highest BCUT2D eigenvalue weighted by Gasteiger charge is 2.22. The van der Waals surface area contributed by atoms with Crippen LogP contribution in [0.2, 0.25) is 0 Å². The first-order valence-electron chi connectivity index (χ1n) is 9.47. The maximum Gasteiger partial charge on any atom is 0.333 e. The standard InChI is InChI=1S/C19H20N4O4S.C2H6O/c1-13-9-11-16(12-10-13)28(26,27)21-19(25)20-17-14(2)22(3)23(18(17)24)15-7-5-4-6-8-15;1-2-3/h4-12H,1-3H3,(H2,20,21,25);3H,2H2,1H3. The van der Waals surface area contributed by atoms with Gasteiger partial charge in [-0.2, -0.15) is 0 Å². The van der Waals surface area contributed by atoms with Crippen LogP contribution < -0.4 is 15.6 Å². The first-order valence-corrected chi connectivity index (χ1v) is 11.0. The van der Waals surface area contributed by atoms with Crippen LogP contribution in [0.3, 0.4) is 0 Å². The van der Waals surface area contributed by atoms with Crippen molar-refractivity contribution in [2.45, 2.75) is 25.7 Å². The zero-order valence-corrected chi connectivity index (χ0v) is 18.6. The molecule has 0 fully saturated rings. The minimum atomic E-state index is -4.06. The highest BCUT2D eigenvalue weighted by atomic mass is 32.2. The fourth-order valence-corrected chi connectivity index (χ4v) is 3.66. The van der Waals surface area contributed by atoms with E-state index in [0.717, 1.165) is 5.56 Å². The second kappa shape index (κ2) is 10.1. The molecule has 0 bridgehead atoms. The lowest BCUT2D eigenvalue weighted by Gasteiger charge is -2.08. The van der Waals surface area contributed by atoms with E-state index in [2.05, 4.69) is 5.32 Å². The molecule has 2 amide bonds. The number of rotatable bonds is 4. The van der Waals surface area contributed by atoms with Crippen LogP contribution >= 0.6 is 0 Å². The molecule has 9 nitrogen and oxygen atoms in total. The van der Waals surface area contributed by atoms with Crippen molar-refractivity contribution in [3.8, 4) is 5.69 Å². The quantitative estimate of drug-likeness (QED) is 0.568. The summed E-state index contributed by atoms with van der Waals surface area (Å²) in [5.74, 6) is 0. The molecule has 3 N–H and O–H groups in total. The molecule has 166 valence electrons. The number of urea groups is 1. The molecule has 1 aromatic heterocycles. The van der Waals surface area contributed by atoms with E-state index in [1.165, 1.54) is 16.8 Å². The number of hydrogen-bond acceptors (Lipinski definition) is 5. The van der Waals surface area contributed by atoms with Gasteiger partial charge in [-0.1, -0.05) is 35.9 Å². The lowest BCUT2D eigenvalue weighted by Crippen LogP contribution is -2.35. The summed E-state index contributed by atoms with van der Waals surface area (Å²) >= 11 is 0. The highest BCUT2D eigenvalue weighted by Crippen LogP contribution is 2.14. The van der Waals surface area contributed by atoms with Gasteiger partial charge in [-0.05, 0) is 45.0 Å². The van der Waals surface area contributed by atoms with Crippen molar-refractivity contribution in [2.24, 2.45) is 7.05 Å². The second-order valence-electron chi connectivity index (χ2n) is 6.63. The van der Waals surface area contributed by atoms with Crippen molar-refractivity contribution in [3.63, 3.8) is 0 Å². The van der Waals surface area contributed by atoms with Crippen LogP contribution in [-0.2, 0) is 17.1 Å². The van der Waals surface area contributed by atoms with Crippen molar-refractivity contribution in [2.75, 3.05) is 11.9 Å². The van der Waals surface area contributed by atoms with E-state index in [1.807, 2.05) is 17.7 Å². The van der Waals surface area contributed by atoms with Gasteiger partial charge in [0.15, 0.2) is 0 Å². The van der Waals surface area contributed by atoms with Crippen molar-refractivity contribution >= 4 is 21.7 Å². The van der Waals surface area contributed by atoms with Gasteiger partial charge in [-0.25, -0.2) is 22.6 Å². The number of para-hydroxylation sites is 1. The van der Waals surface area contributed by atoms with Gasteiger partial charge in [0.1, 0.15) is 5.69 Å². The monoisotopic (exact) mass is 446 g/mol. The molecule has 1 heterocycles. The van der Waals surface area contributed by atoms with Gasteiger partial charge in [0.25, 0.3) is 15.6 Å². The van der Waals surface area contributed by atoms with E-state index in [1.54, 1.807) is 62.0 Å². The van der Waals surface area contributed by atoms with Crippen LogP contribution in [0.4, 0.5) is 10.5 Å². The fourth-order valence-electron chi connectivity index (χ4n) is 2.75. The number of aliphatic hydroxyl groups is 1. The molecular weight excluding hydrogens is 420 g/mol. The van der Waals surface area contributed by atoms with Gasteiger partial charge < -0.3 is 10.4 Å². The van der Waals surface area contributed by atoms with Crippen LogP contribution in [0.15, 0.2) is 64.3 Å². The number of aliphatic hydroxyl groups excluding tert-OH is 1. The number of anilines is 1. The van der Waals surface area contributed by atoms with Crippen LogP contribution in [0, 0.1) is 13.8 Å². The van der Waals surface area contributed by atoms with E-state index < -0.39 is 21.6 Å². The summed E-state index contributed by atoms with van der Waals surface area (Å²) in [5.41, 5.74) is 1.54. The minimum Gasteiger partial charge on any atom is -0.397 e. The molecule has 3 aromatic rings. The Morgan fingerprint density at radius 2 is 1.58 bits per heavy atom. The topological polar surface area (TPSA) is 122 Å². The molecule has 0 radical (unpaired) electrons. The first-order chi connectivity index (χ1) is 14.6. The van der Waals surface area contributed by atoms with Crippen LogP contribution in [0.5, 0.6) is 0 Å². The zero-order chi connectivity index (χ0) is 23.2. The number of hydrogen-bond donors (Lipinski definition) is 3. The van der Waals surface area contributed by atoms with Gasteiger partial charge >= 0.3 is 6.03 Å². The Hall–Kier alpha value is -3.37. The number of nitrogens with one attached hydrogen (secondary N) is 2. The fraction of sp³-hybridized carbons (Fsp3) is 0.238. The average molecular weight is 447 g/mol. The average Bonchev–Trinajstić information content (AvgIpc) is 2.92. The molecule has 0 spiro atoms. The van der Waals surface area contributed by atoms with Crippen molar-refractivity contribution in [3.05, 3.63) is 76.2 Å². The number of nitrogens with zero attached hydrogens (tertiary/aromatic N) is 2. The summed E-state index contributed by atoms with van der Waals surface area (Å²) in [4.78, 5) is 25.0. The third-order valence-corrected chi connectivity index (χ3v) is 5.70. The zero-order valence-electron chi connectivity index (χ0n) is 17.8. The number of benzene rings is 2. The molecule has 0 aliphatic carbocycles. The number of sulfonamides is 1.